The molecule has 1 aromatic rings. The third kappa shape index (κ3) is 1.95. The Morgan fingerprint density at radius 3 is 3.00 bits per heavy atom. The molecule has 1 atom stereocenters. The van der Waals surface area contributed by atoms with Gasteiger partial charge in [0, 0.05) is 6.04 Å². The van der Waals surface area contributed by atoms with Crippen LogP contribution in [0.25, 0.3) is 0 Å². The molecule has 1 heterocycles. The van der Waals surface area contributed by atoms with Gasteiger partial charge in [-0.1, -0.05) is 12.1 Å². The second-order valence-electron chi connectivity index (χ2n) is 3.04. The first kappa shape index (κ1) is 10.3. The van der Waals surface area contributed by atoms with Crippen molar-refractivity contribution in [3.63, 3.8) is 0 Å². The molecule has 0 aliphatic carbocycles. The number of phenols is 1. The zero-order valence-electron chi connectivity index (χ0n) is 7.06. The molecule has 0 bridgehead atoms. The number of ether oxygens (including phenoxy) is 1. The number of phenolic OH excluding ortho intramolecular Hbond substituents is 1. The predicted octanol–water partition coefficient (Wildman–Crippen LogP) is 1.23. The first-order valence-corrected chi connectivity index (χ1v) is 3.96. The largest absolute Gasteiger partial charge is 0.504 e. The van der Waals surface area contributed by atoms with Crippen molar-refractivity contribution in [2.75, 3.05) is 6.61 Å². The molecule has 1 aliphatic rings. The minimum Gasteiger partial charge on any atom is -0.504 e. The van der Waals surface area contributed by atoms with Crippen molar-refractivity contribution in [3.8, 4) is 11.5 Å². The van der Waals surface area contributed by atoms with E-state index in [1.165, 1.54) is 0 Å². The number of halogens is 1. The molecule has 0 fully saturated rings. The molecule has 1 unspecified atom stereocenters. The highest BCUT2D eigenvalue weighted by molar-refractivity contribution is 8.93. The first-order valence-electron chi connectivity index (χ1n) is 3.96. The summed E-state index contributed by atoms with van der Waals surface area (Å²) in [6.07, 6.45) is 0.781. The van der Waals surface area contributed by atoms with Gasteiger partial charge in [0.15, 0.2) is 11.5 Å². The molecule has 3 nitrogen and oxygen atoms in total. The standard InChI is InChI=1S/C9H11NO2.BrH/c10-7-4-6-2-1-3-8(11)9(6)12-5-7;/h1-3,7,11H,4-5,10H2;1H. The number of nitrogens with two attached hydrogens (primary N) is 1. The third-order valence-corrected chi connectivity index (χ3v) is 2.00. The van der Waals surface area contributed by atoms with Gasteiger partial charge in [0.2, 0.25) is 0 Å². The molecule has 0 spiro atoms. The fourth-order valence-corrected chi connectivity index (χ4v) is 1.43. The van der Waals surface area contributed by atoms with Crippen LogP contribution in [0.4, 0.5) is 0 Å². The van der Waals surface area contributed by atoms with Crippen LogP contribution in [0.3, 0.4) is 0 Å². The Hall–Kier alpha value is -0.740. The summed E-state index contributed by atoms with van der Waals surface area (Å²) in [5.74, 6) is 0.804. The van der Waals surface area contributed by atoms with Crippen molar-refractivity contribution in [1.82, 2.24) is 0 Å². The maximum Gasteiger partial charge on any atom is 0.164 e. The monoisotopic (exact) mass is 245 g/mol. The molecule has 4 heteroatoms. The van der Waals surface area contributed by atoms with Gasteiger partial charge < -0.3 is 15.6 Å². The van der Waals surface area contributed by atoms with Gasteiger partial charge in [-0.3, -0.25) is 0 Å². The number of rotatable bonds is 0. The SMILES string of the molecule is Br.NC1COc2c(O)cccc2C1. The second kappa shape index (κ2) is 3.98. The van der Waals surface area contributed by atoms with Gasteiger partial charge in [-0.25, -0.2) is 0 Å². The Kier molecular flexibility index (Phi) is 3.17. The van der Waals surface area contributed by atoms with Crippen LogP contribution in [-0.4, -0.2) is 17.8 Å². The van der Waals surface area contributed by atoms with Crippen LogP contribution in [0.2, 0.25) is 0 Å². The smallest absolute Gasteiger partial charge is 0.164 e. The van der Waals surface area contributed by atoms with Crippen LogP contribution in [-0.2, 0) is 6.42 Å². The quantitative estimate of drug-likeness (QED) is 0.723. The number of hydrogen-bond acceptors (Lipinski definition) is 3. The van der Waals surface area contributed by atoms with Gasteiger partial charge in [-0.15, -0.1) is 17.0 Å². The maximum atomic E-state index is 9.38. The van der Waals surface area contributed by atoms with Crippen molar-refractivity contribution >= 4 is 17.0 Å². The van der Waals surface area contributed by atoms with Crippen molar-refractivity contribution in [2.45, 2.75) is 12.5 Å². The van der Waals surface area contributed by atoms with E-state index >= 15 is 0 Å². The van der Waals surface area contributed by atoms with Crippen molar-refractivity contribution < 1.29 is 9.84 Å². The lowest BCUT2D eigenvalue weighted by Gasteiger charge is -2.22. The zero-order valence-corrected chi connectivity index (χ0v) is 8.78. The molecule has 1 aromatic carbocycles. The molecule has 72 valence electrons. The molecule has 3 N–H and O–H groups in total. The minimum atomic E-state index is 0. The van der Waals surface area contributed by atoms with E-state index in [0.717, 1.165) is 12.0 Å². The van der Waals surface area contributed by atoms with Gasteiger partial charge in [0.1, 0.15) is 6.61 Å². The molecule has 1 aliphatic heterocycles. The van der Waals surface area contributed by atoms with E-state index in [2.05, 4.69) is 0 Å². The minimum absolute atomic E-state index is 0. The molecule has 0 aromatic heterocycles. The van der Waals surface area contributed by atoms with Crippen molar-refractivity contribution in [3.05, 3.63) is 23.8 Å². The summed E-state index contributed by atoms with van der Waals surface area (Å²) in [6, 6.07) is 5.40. The summed E-state index contributed by atoms with van der Waals surface area (Å²) in [4.78, 5) is 0. The first-order chi connectivity index (χ1) is 5.77. The summed E-state index contributed by atoms with van der Waals surface area (Å²) in [5, 5.41) is 9.38. The molecule has 13 heavy (non-hydrogen) atoms. The number of fused-ring (bicyclic) bond motifs is 1. The summed E-state index contributed by atoms with van der Waals surface area (Å²) < 4.78 is 5.29. The lowest BCUT2D eigenvalue weighted by atomic mass is 10.0. The summed E-state index contributed by atoms with van der Waals surface area (Å²) >= 11 is 0. The van der Waals surface area contributed by atoms with Gasteiger partial charge >= 0.3 is 0 Å². The summed E-state index contributed by atoms with van der Waals surface area (Å²) in [6.45, 7) is 0.491. The van der Waals surface area contributed by atoms with E-state index in [1.54, 1.807) is 12.1 Å². The number of aromatic hydroxyl groups is 1. The number of para-hydroxylation sites is 1. The van der Waals surface area contributed by atoms with Crippen LogP contribution in [0, 0.1) is 0 Å². The molecular formula is C9H12BrNO2. The van der Waals surface area contributed by atoms with Gasteiger partial charge in [-0.05, 0) is 18.1 Å². The van der Waals surface area contributed by atoms with E-state index in [0.29, 0.717) is 12.4 Å². The highest BCUT2D eigenvalue weighted by Gasteiger charge is 2.18. The Balaban J connectivity index is 0.000000845. The Bertz CT molecular complexity index is 304. The average molecular weight is 246 g/mol. The van der Waals surface area contributed by atoms with E-state index in [9.17, 15) is 5.11 Å². The predicted molar refractivity (Wildman–Crippen MR) is 55.6 cm³/mol. The maximum absolute atomic E-state index is 9.38. The van der Waals surface area contributed by atoms with Crippen LogP contribution < -0.4 is 10.5 Å². The lowest BCUT2D eigenvalue weighted by Crippen LogP contribution is -2.33. The number of hydrogen-bond donors (Lipinski definition) is 2. The highest BCUT2D eigenvalue weighted by Crippen LogP contribution is 2.32. The molecular weight excluding hydrogens is 234 g/mol. The molecule has 0 saturated carbocycles. The van der Waals surface area contributed by atoms with Crippen LogP contribution in [0.15, 0.2) is 18.2 Å². The van der Waals surface area contributed by atoms with E-state index in [1.807, 2.05) is 6.07 Å². The Morgan fingerprint density at radius 2 is 2.23 bits per heavy atom. The van der Waals surface area contributed by atoms with Gasteiger partial charge in [-0.2, -0.15) is 0 Å². The molecule has 0 saturated heterocycles. The molecule has 0 amide bonds. The fraction of sp³-hybridized carbons (Fsp3) is 0.333. The highest BCUT2D eigenvalue weighted by atomic mass is 79.9. The number of benzene rings is 1. The summed E-state index contributed by atoms with van der Waals surface area (Å²) in [7, 11) is 0. The lowest BCUT2D eigenvalue weighted by molar-refractivity contribution is 0.251. The van der Waals surface area contributed by atoms with Crippen LogP contribution in [0.5, 0.6) is 11.5 Å². The Morgan fingerprint density at radius 1 is 1.46 bits per heavy atom. The van der Waals surface area contributed by atoms with Gasteiger partial charge in [0.05, 0.1) is 0 Å². The Labute approximate surface area is 87.3 Å². The van der Waals surface area contributed by atoms with E-state index in [-0.39, 0.29) is 28.8 Å². The molecule has 2 rings (SSSR count). The van der Waals surface area contributed by atoms with E-state index < -0.39 is 0 Å². The summed E-state index contributed by atoms with van der Waals surface area (Å²) in [5.41, 5.74) is 6.69. The third-order valence-electron chi connectivity index (χ3n) is 2.00. The second-order valence-corrected chi connectivity index (χ2v) is 3.04. The van der Waals surface area contributed by atoms with Crippen LogP contribution in [0.1, 0.15) is 5.56 Å². The zero-order chi connectivity index (χ0) is 8.55. The van der Waals surface area contributed by atoms with Crippen molar-refractivity contribution in [1.29, 1.82) is 0 Å². The normalized spacial score (nSPS) is 19.6. The van der Waals surface area contributed by atoms with Crippen molar-refractivity contribution in [2.24, 2.45) is 5.73 Å². The fourth-order valence-electron chi connectivity index (χ4n) is 1.43. The van der Waals surface area contributed by atoms with Crippen LogP contribution >= 0.6 is 17.0 Å². The molecule has 0 radical (unpaired) electrons. The topological polar surface area (TPSA) is 55.5 Å². The van der Waals surface area contributed by atoms with E-state index in [4.69, 9.17) is 10.5 Å². The van der Waals surface area contributed by atoms with Gasteiger partial charge in [0.25, 0.3) is 0 Å². The average Bonchev–Trinajstić information content (AvgIpc) is 2.04.